The summed E-state index contributed by atoms with van der Waals surface area (Å²) in [6.07, 6.45) is 3.57. The second-order valence-electron chi connectivity index (χ2n) is 8.50. The van der Waals surface area contributed by atoms with Crippen molar-refractivity contribution in [2.45, 2.75) is 46.1 Å². The average molecular weight is 430 g/mol. The molecule has 0 saturated carbocycles. The first kappa shape index (κ1) is 22.0. The normalized spacial score (nSPS) is 19.8. The van der Waals surface area contributed by atoms with Crippen molar-refractivity contribution in [3.8, 4) is 0 Å². The summed E-state index contributed by atoms with van der Waals surface area (Å²) in [4.78, 5) is 28.3. The van der Waals surface area contributed by atoms with Crippen LogP contribution < -0.4 is 15.5 Å². The number of rotatable bonds is 3. The first-order valence-electron chi connectivity index (χ1n) is 10.1. The molecule has 1 atom stereocenters. The molecule has 30 heavy (non-hydrogen) atoms. The van der Waals surface area contributed by atoms with E-state index in [1.807, 2.05) is 37.3 Å². The van der Waals surface area contributed by atoms with E-state index < -0.39 is 6.04 Å². The Morgan fingerprint density at radius 1 is 1.23 bits per heavy atom. The van der Waals surface area contributed by atoms with Gasteiger partial charge in [0.15, 0.2) is 5.78 Å². The predicted octanol–water partition coefficient (Wildman–Crippen LogP) is 5.44. The van der Waals surface area contributed by atoms with Crippen molar-refractivity contribution in [3.05, 3.63) is 59.7 Å². The maximum Gasteiger partial charge on any atom is 0.322 e. The molecule has 2 amide bonds. The SMILES string of the molecule is CCCNC(=O)N1c2ccccc2NC2=C(C(=O)CC(C)(C)C2)C1c1ccco1.Cl. The van der Waals surface area contributed by atoms with Crippen molar-refractivity contribution >= 4 is 35.6 Å². The maximum absolute atomic E-state index is 13.3. The van der Waals surface area contributed by atoms with E-state index in [0.717, 1.165) is 29.9 Å². The van der Waals surface area contributed by atoms with Gasteiger partial charge in [0, 0.05) is 24.2 Å². The highest BCUT2D eigenvalue weighted by Gasteiger charge is 2.44. The molecule has 4 rings (SSSR count). The van der Waals surface area contributed by atoms with Gasteiger partial charge in [0.05, 0.1) is 17.6 Å². The van der Waals surface area contributed by atoms with Gasteiger partial charge in [-0.25, -0.2) is 4.79 Å². The first-order valence-corrected chi connectivity index (χ1v) is 10.1. The van der Waals surface area contributed by atoms with Gasteiger partial charge < -0.3 is 15.1 Å². The van der Waals surface area contributed by atoms with E-state index in [9.17, 15) is 9.59 Å². The Balaban J connectivity index is 0.00000256. The molecule has 1 aliphatic carbocycles. The molecule has 2 aliphatic rings. The molecule has 2 heterocycles. The number of halogens is 1. The van der Waals surface area contributed by atoms with E-state index >= 15 is 0 Å². The molecule has 1 aromatic heterocycles. The average Bonchev–Trinajstić information content (AvgIpc) is 3.15. The largest absolute Gasteiger partial charge is 0.467 e. The fraction of sp³-hybridized carbons (Fsp3) is 0.391. The molecule has 1 unspecified atom stereocenters. The number of hydrogen-bond donors (Lipinski definition) is 2. The second kappa shape index (κ2) is 8.56. The van der Waals surface area contributed by atoms with E-state index in [0.29, 0.717) is 24.3 Å². The Kier molecular flexibility index (Phi) is 6.27. The zero-order valence-electron chi connectivity index (χ0n) is 17.5. The van der Waals surface area contributed by atoms with Crippen molar-refractivity contribution in [1.29, 1.82) is 0 Å². The molecule has 2 aromatic rings. The number of fused-ring (bicyclic) bond motifs is 1. The molecular weight excluding hydrogens is 402 g/mol. The number of carbonyl (C=O) groups is 2. The molecule has 1 aliphatic heterocycles. The Morgan fingerprint density at radius 3 is 2.70 bits per heavy atom. The lowest BCUT2D eigenvalue weighted by Gasteiger charge is -2.36. The van der Waals surface area contributed by atoms with E-state index in [-0.39, 0.29) is 29.6 Å². The number of carbonyl (C=O) groups excluding carboxylic acids is 2. The van der Waals surface area contributed by atoms with Crippen LogP contribution in [0.2, 0.25) is 0 Å². The monoisotopic (exact) mass is 429 g/mol. The molecule has 1 aromatic carbocycles. The van der Waals surface area contributed by atoms with Gasteiger partial charge in [-0.1, -0.05) is 32.9 Å². The molecule has 6 nitrogen and oxygen atoms in total. The van der Waals surface area contributed by atoms with Crippen LogP contribution in [0.1, 0.15) is 51.8 Å². The number of nitrogens with one attached hydrogen (secondary N) is 2. The minimum Gasteiger partial charge on any atom is -0.467 e. The number of ketones is 1. The summed E-state index contributed by atoms with van der Waals surface area (Å²) in [5.41, 5.74) is 2.87. The Morgan fingerprint density at radius 2 is 2.00 bits per heavy atom. The zero-order chi connectivity index (χ0) is 20.6. The summed E-state index contributed by atoms with van der Waals surface area (Å²) in [5, 5.41) is 6.45. The number of furan rings is 1. The maximum atomic E-state index is 13.3. The van der Waals surface area contributed by atoms with Crippen molar-refractivity contribution < 1.29 is 14.0 Å². The van der Waals surface area contributed by atoms with Gasteiger partial charge in [-0.2, -0.15) is 0 Å². The van der Waals surface area contributed by atoms with Gasteiger partial charge in [-0.3, -0.25) is 9.69 Å². The fourth-order valence-corrected chi connectivity index (χ4v) is 4.24. The van der Waals surface area contributed by atoms with Crippen LogP contribution in [-0.4, -0.2) is 18.4 Å². The quantitative estimate of drug-likeness (QED) is 0.681. The van der Waals surface area contributed by atoms with Crippen LogP contribution in [-0.2, 0) is 4.79 Å². The molecule has 2 N–H and O–H groups in total. The smallest absolute Gasteiger partial charge is 0.322 e. The Hall–Kier alpha value is -2.73. The standard InChI is InChI=1S/C23H27N3O3.ClH/c1-4-11-24-22(28)26-17-9-6-5-8-15(17)25-16-13-23(2,3)14-18(27)20(16)21(26)19-10-7-12-29-19;/h5-10,12,21,25H,4,11,13-14H2,1-3H3,(H,24,28);1H. The Bertz CT molecular complexity index is 966. The molecule has 7 heteroatoms. The number of nitrogens with zero attached hydrogens (tertiary/aromatic N) is 1. The van der Waals surface area contributed by atoms with Crippen LogP contribution >= 0.6 is 12.4 Å². The lowest BCUT2D eigenvalue weighted by atomic mass is 9.74. The molecule has 160 valence electrons. The summed E-state index contributed by atoms with van der Waals surface area (Å²) < 4.78 is 5.74. The minimum atomic E-state index is -0.614. The van der Waals surface area contributed by atoms with Crippen LogP contribution in [0.15, 0.2) is 58.3 Å². The topological polar surface area (TPSA) is 74.6 Å². The number of Topliss-reactive ketones (excluding diaryl/α,β-unsaturated/α-hetero) is 1. The molecule has 0 radical (unpaired) electrons. The van der Waals surface area contributed by atoms with Crippen LogP contribution in [0, 0.1) is 5.41 Å². The summed E-state index contributed by atoms with van der Waals surface area (Å²) in [7, 11) is 0. The van der Waals surface area contributed by atoms with Crippen LogP contribution in [0.5, 0.6) is 0 Å². The summed E-state index contributed by atoms with van der Waals surface area (Å²) in [5.74, 6) is 0.627. The summed E-state index contributed by atoms with van der Waals surface area (Å²) in [6, 6.07) is 10.4. The number of anilines is 2. The third-order valence-electron chi connectivity index (χ3n) is 5.46. The van der Waals surface area contributed by atoms with Crippen molar-refractivity contribution in [1.82, 2.24) is 5.32 Å². The van der Waals surface area contributed by atoms with Gasteiger partial charge in [-0.15, -0.1) is 12.4 Å². The zero-order valence-corrected chi connectivity index (χ0v) is 18.3. The summed E-state index contributed by atoms with van der Waals surface area (Å²) in [6.45, 7) is 6.76. The highest BCUT2D eigenvalue weighted by atomic mass is 35.5. The van der Waals surface area contributed by atoms with Crippen molar-refractivity contribution in [2.24, 2.45) is 5.41 Å². The minimum absolute atomic E-state index is 0. The molecular formula is C23H28ClN3O3. The van der Waals surface area contributed by atoms with E-state index in [2.05, 4.69) is 24.5 Å². The molecule has 0 spiro atoms. The third kappa shape index (κ3) is 3.97. The number of urea groups is 1. The number of benzene rings is 1. The van der Waals surface area contributed by atoms with Gasteiger partial charge in [-0.05, 0) is 42.5 Å². The Labute approximate surface area is 183 Å². The second-order valence-corrected chi connectivity index (χ2v) is 8.50. The van der Waals surface area contributed by atoms with E-state index in [4.69, 9.17) is 4.42 Å². The number of hydrogen-bond acceptors (Lipinski definition) is 4. The lowest BCUT2D eigenvalue weighted by molar-refractivity contribution is -0.118. The van der Waals surface area contributed by atoms with Gasteiger partial charge in [0.25, 0.3) is 0 Å². The van der Waals surface area contributed by atoms with E-state index in [1.54, 1.807) is 17.2 Å². The van der Waals surface area contributed by atoms with Gasteiger partial charge >= 0.3 is 6.03 Å². The first-order chi connectivity index (χ1) is 13.9. The fourth-order valence-electron chi connectivity index (χ4n) is 4.24. The van der Waals surface area contributed by atoms with Crippen LogP contribution in [0.4, 0.5) is 16.2 Å². The van der Waals surface area contributed by atoms with Crippen LogP contribution in [0.25, 0.3) is 0 Å². The molecule has 0 fully saturated rings. The van der Waals surface area contributed by atoms with Gasteiger partial charge in [0.1, 0.15) is 11.8 Å². The summed E-state index contributed by atoms with van der Waals surface area (Å²) >= 11 is 0. The van der Waals surface area contributed by atoms with Crippen molar-refractivity contribution in [3.63, 3.8) is 0 Å². The third-order valence-corrected chi connectivity index (χ3v) is 5.46. The van der Waals surface area contributed by atoms with E-state index in [1.165, 1.54) is 0 Å². The highest BCUT2D eigenvalue weighted by Crippen LogP contribution is 2.48. The number of para-hydroxylation sites is 2. The number of amides is 2. The highest BCUT2D eigenvalue weighted by molar-refractivity contribution is 6.05. The van der Waals surface area contributed by atoms with Crippen molar-refractivity contribution in [2.75, 3.05) is 16.8 Å². The van der Waals surface area contributed by atoms with Gasteiger partial charge in [0.2, 0.25) is 0 Å². The predicted molar refractivity (Wildman–Crippen MR) is 120 cm³/mol. The molecule has 0 bridgehead atoms. The molecule has 0 saturated heterocycles. The number of allylic oxidation sites excluding steroid dienone is 1. The lowest BCUT2D eigenvalue weighted by Crippen LogP contribution is -2.44. The van der Waals surface area contributed by atoms with Crippen LogP contribution in [0.3, 0.4) is 0 Å².